The largest absolute Gasteiger partial charge is 0.446 e. The molecule has 0 fully saturated rings. The van der Waals surface area contributed by atoms with Crippen molar-refractivity contribution in [2.45, 2.75) is 6.61 Å². The Hall–Kier alpha value is -2.57. The highest BCUT2D eigenvalue weighted by Crippen LogP contribution is 2.24. The van der Waals surface area contributed by atoms with Crippen LogP contribution in [0.1, 0.15) is 5.69 Å². The number of aromatic nitrogens is 4. The number of halogens is 2. The molecule has 0 aliphatic carbocycles. The maximum absolute atomic E-state index is 13.3. The Morgan fingerprint density at radius 2 is 2.08 bits per heavy atom. The van der Waals surface area contributed by atoms with Crippen LogP contribution in [0.15, 0.2) is 32.1 Å². The van der Waals surface area contributed by atoms with E-state index in [9.17, 15) is 17.6 Å². The lowest BCUT2D eigenvalue weighted by molar-refractivity contribution is 0.274. The first kappa shape index (κ1) is 17.3. The molecule has 0 bridgehead atoms. The van der Waals surface area contributed by atoms with Crippen molar-refractivity contribution in [3.05, 3.63) is 45.3 Å². The summed E-state index contributed by atoms with van der Waals surface area (Å²) in [6, 6.07) is 3.50. The predicted octanol–water partition coefficient (Wildman–Crippen LogP) is 1.14. The summed E-state index contributed by atoms with van der Waals surface area (Å²) in [5.74, 6) is -1.74. The molecule has 0 N–H and O–H groups in total. The van der Waals surface area contributed by atoms with Gasteiger partial charge in [0.2, 0.25) is 5.82 Å². The van der Waals surface area contributed by atoms with Gasteiger partial charge in [0.1, 0.15) is 18.1 Å². The average Bonchev–Trinajstić information content (AvgIpc) is 3.13. The van der Waals surface area contributed by atoms with E-state index in [1.807, 2.05) is 0 Å². The normalized spacial score (nSPS) is 11.8. The van der Waals surface area contributed by atoms with Gasteiger partial charge in [-0.2, -0.15) is 8.42 Å². The zero-order valence-corrected chi connectivity index (χ0v) is 13.9. The Bertz CT molecular complexity index is 1090. The minimum atomic E-state index is -3.75. The fourth-order valence-electron chi connectivity index (χ4n) is 1.89. The van der Waals surface area contributed by atoms with Crippen LogP contribution in [0.5, 0.6) is 0 Å². The van der Waals surface area contributed by atoms with Crippen LogP contribution in [0.3, 0.4) is 0 Å². The minimum Gasteiger partial charge on any atom is -0.295 e. The molecule has 3 aromatic rings. The summed E-state index contributed by atoms with van der Waals surface area (Å²) in [6.45, 7) is -0.497. The van der Waals surface area contributed by atoms with Crippen LogP contribution in [0.4, 0.5) is 4.39 Å². The highest BCUT2D eigenvalue weighted by molar-refractivity contribution is 7.85. The second-order valence-electron chi connectivity index (χ2n) is 4.73. The van der Waals surface area contributed by atoms with Crippen molar-refractivity contribution >= 4 is 21.7 Å². The van der Waals surface area contributed by atoms with E-state index in [0.717, 1.165) is 16.9 Å². The summed E-state index contributed by atoms with van der Waals surface area (Å²) in [7, 11) is -3.75. The van der Waals surface area contributed by atoms with Gasteiger partial charge in [0.05, 0.1) is 17.0 Å². The molecule has 0 saturated heterocycles. The standard InChI is InChI=1S/C12H8ClFN4O6S/c1-25(20,21)22-5-9-10(16-24-15-9)11-17-23-12(19)18(11)6-2-3-8(14)7(13)4-6/h2-4H,5H2,1H3. The highest BCUT2D eigenvalue weighted by Gasteiger charge is 2.23. The van der Waals surface area contributed by atoms with E-state index in [4.69, 9.17) is 11.6 Å². The van der Waals surface area contributed by atoms with Crippen LogP contribution in [0, 0.1) is 5.82 Å². The van der Waals surface area contributed by atoms with Gasteiger partial charge in [-0.25, -0.2) is 18.4 Å². The molecule has 0 spiro atoms. The molecule has 0 amide bonds. The van der Waals surface area contributed by atoms with E-state index in [1.165, 1.54) is 12.1 Å². The number of hydrogen-bond acceptors (Lipinski definition) is 9. The van der Waals surface area contributed by atoms with Crippen molar-refractivity contribution in [3.8, 4) is 17.2 Å². The topological polar surface area (TPSA) is 130 Å². The van der Waals surface area contributed by atoms with E-state index >= 15 is 0 Å². The summed E-state index contributed by atoms with van der Waals surface area (Å²) in [5, 5.41) is 10.4. The first-order valence-electron chi connectivity index (χ1n) is 6.46. The Morgan fingerprint density at radius 3 is 2.76 bits per heavy atom. The van der Waals surface area contributed by atoms with Gasteiger partial charge in [0.25, 0.3) is 10.1 Å². The molecule has 0 unspecified atom stereocenters. The fraction of sp³-hybridized carbons (Fsp3) is 0.167. The molecule has 2 heterocycles. The highest BCUT2D eigenvalue weighted by atomic mass is 35.5. The molecule has 132 valence electrons. The van der Waals surface area contributed by atoms with E-state index in [-0.39, 0.29) is 27.9 Å². The van der Waals surface area contributed by atoms with Gasteiger partial charge in [0, 0.05) is 0 Å². The lowest BCUT2D eigenvalue weighted by atomic mass is 10.2. The van der Waals surface area contributed by atoms with Crippen LogP contribution < -0.4 is 5.76 Å². The zero-order valence-electron chi connectivity index (χ0n) is 12.3. The number of hydrogen-bond donors (Lipinski definition) is 0. The molecule has 10 nitrogen and oxygen atoms in total. The average molecular weight is 391 g/mol. The third kappa shape index (κ3) is 3.60. The third-order valence-electron chi connectivity index (χ3n) is 2.94. The second kappa shape index (κ2) is 6.38. The molecule has 13 heteroatoms. The van der Waals surface area contributed by atoms with Gasteiger partial charge in [0.15, 0.2) is 5.69 Å². The Balaban J connectivity index is 2.07. The van der Waals surface area contributed by atoms with Gasteiger partial charge in [-0.15, -0.1) is 0 Å². The van der Waals surface area contributed by atoms with Gasteiger partial charge in [-0.05, 0) is 23.4 Å². The van der Waals surface area contributed by atoms with E-state index in [1.54, 1.807) is 0 Å². The lowest BCUT2D eigenvalue weighted by Gasteiger charge is -2.04. The number of benzene rings is 1. The van der Waals surface area contributed by atoms with Crippen molar-refractivity contribution in [1.82, 2.24) is 20.0 Å². The summed E-state index contributed by atoms with van der Waals surface area (Å²) >= 11 is 5.72. The summed E-state index contributed by atoms with van der Waals surface area (Å²) in [6.07, 6.45) is 0.854. The fourth-order valence-corrected chi connectivity index (χ4v) is 2.39. The van der Waals surface area contributed by atoms with E-state index in [0.29, 0.717) is 0 Å². The monoisotopic (exact) mass is 390 g/mol. The van der Waals surface area contributed by atoms with E-state index in [2.05, 4.69) is 28.8 Å². The van der Waals surface area contributed by atoms with Gasteiger partial charge < -0.3 is 0 Å². The molecule has 0 aliphatic rings. The maximum Gasteiger partial charge on any atom is 0.446 e. The molecular weight excluding hydrogens is 383 g/mol. The van der Waals surface area contributed by atoms with Crippen molar-refractivity contribution < 1.29 is 26.1 Å². The smallest absolute Gasteiger partial charge is 0.295 e. The number of rotatable bonds is 5. The number of nitrogens with zero attached hydrogens (tertiary/aromatic N) is 4. The predicted molar refractivity (Wildman–Crippen MR) is 80.0 cm³/mol. The van der Waals surface area contributed by atoms with Crippen LogP contribution in [-0.2, 0) is 20.9 Å². The van der Waals surface area contributed by atoms with Gasteiger partial charge in [-0.1, -0.05) is 21.9 Å². The Morgan fingerprint density at radius 1 is 1.32 bits per heavy atom. The molecule has 0 saturated carbocycles. The van der Waals surface area contributed by atoms with E-state index < -0.39 is 28.3 Å². The minimum absolute atomic E-state index is 0.0410. The van der Waals surface area contributed by atoms with Crippen molar-refractivity contribution in [1.29, 1.82) is 0 Å². The van der Waals surface area contributed by atoms with Crippen molar-refractivity contribution in [2.24, 2.45) is 0 Å². The quantitative estimate of drug-likeness (QED) is 0.588. The zero-order chi connectivity index (χ0) is 18.2. The summed E-state index contributed by atoms with van der Waals surface area (Å²) < 4.78 is 50.2. The first-order chi connectivity index (χ1) is 11.8. The Labute approximate surface area is 143 Å². The van der Waals surface area contributed by atoms with Crippen molar-refractivity contribution in [2.75, 3.05) is 6.26 Å². The van der Waals surface area contributed by atoms with Crippen LogP contribution in [0.25, 0.3) is 17.2 Å². The van der Waals surface area contributed by atoms with Crippen LogP contribution >= 0.6 is 11.6 Å². The third-order valence-corrected chi connectivity index (χ3v) is 3.78. The molecular formula is C12H8ClFN4O6S. The lowest BCUT2D eigenvalue weighted by Crippen LogP contribution is -2.14. The molecule has 2 aromatic heterocycles. The Kier molecular flexibility index (Phi) is 4.41. The molecule has 0 radical (unpaired) electrons. The summed E-state index contributed by atoms with van der Waals surface area (Å²) in [4.78, 5) is 12.0. The van der Waals surface area contributed by atoms with Gasteiger partial charge >= 0.3 is 5.76 Å². The summed E-state index contributed by atoms with van der Waals surface area (Å²) in [5.41, 5.74) is 0.0151. The second-order valence-corrected chi connectivity index (χ2v) is 6.78. The molecule has 1 aromatic carbocycles. The SMILES string of the molecule is CS(=O)(=O)OCc1nonc1-c1noc(=O)n1-c1ccc(F)c(Cl)c1. The van der Waals surface area contributed by atoms with Crippen LogP contribution in [0.2, 0.25) is 5.02 Å². The van der Waals surface area contributed by atoms with Gasteiger partial charge in [-0.3, -0.25) is 8.71 Å². The molecule has 25 heavy (non-hydrogen) atoms. The maximum atomic E-state index is 13.3. The van der Waals surface area contributed by atoms with Crippen LogP contribution in [-0.4, -0.2) is 34.7 Å². The first-order valence-corrected chi connectivity index (χ1v) is 8.66. The molecule has 0 atom stereocenters. The molecule has 3 rings (SSSR count). The van der Waals surface area contributed by atoms with Crippen molar-refractivity contribution in [3.63, 3.8) is 0 Å². The molecule has 0 aliphatic heterocycles.